The number of aromatic nitrogens is 2. The van der Waals surface area contributed by atoms with E-state index in [0.29, 0.717) is 21.8 Å². The first-order chi connectivity index (χ1) is 8.15. The van der Waals surface area contributed by atoms with Gasteiger partial charge in [0.2, 0.25) is 0 Å². The van der Waals surface area contributed by atoms with Gasteiger partial charge in [-0.05, 0) is 40.0 Å². The number of nitrogens with two attached hydrogens (primary N) is 2. The molecule has 5 heteroatoms. The summed E-state index contributed by atoms with van der Waals surface area (Å²) in [6.45, 7) is 0. The lowest BCUT2D eigenvalue weighted by molar-refractivity contribution is 1.15. The quantitative estimate of drug-likeness (QED) is 0.572. The molecule has 0 aliphatic heterocycles. The normalized spacial score (nSPS) is 9.47. The Morgan fingerprint density at radius 3 is 2.76 bits per heavy atom. The Kier molecular flexibility index (Phi) is 3.26. The predicted molar refractivity (Wildman–Crippen MR) is 71.0 cm³/mol. The molecule has 0 bridgehead atoms. The minimum absolute atomic E-state index is 0.310. The van der Waals surface area contributed by atoms with E-state index in [1.165, 1.54) is 6.20 Å². The summed E-state index contributed by atoms with van der Waals surface area (Å²) in [6.07, 6.45) is 1.53. The van der Waals surface area contributed by atoms with Crippen molar-refractivity contribution in [3.05, 3.63) is 46.3 Å². The van der Waals surface area contributed by atoms with Crippen LogP contribution in [0, 0.1) is 11.8 Å². The fourth-order valence-corrected chi connectivity index (χ4v) is 1.50. The summed E-state index contributed by atoms with van der Waals surface area (Å²) in [7, 11) is 0. The van der Waals surface area contributed by atoms with Crippen LogP contribution in [0.4, 0.5) is 11.5 Å². The van der Waals surface area contributed by atoms with Crippen molar-refractivity contribution in [2.24, 2.45) is 0 Å². The van der Waals surface area contributed by atoms with Crippen LogP contribution in [0.15, 0.2) is 35.1 Å². The molecule has 2 aromatic rings. The third-order valence-corrected chi connectivity index (χ3v) is 2.37. The lowest BCUT2D eigenvalue weighted by Gasteiger charge is -1.96. The number of hydrogen-bond donors (Lipinski definition) is 2. The van der Waals surface area contributed by atoms with Crippen LogP contribution in [-0.4, -0.2) is 9.97 Å². The SMILES string of the molecule is Nc1cccc(C#Cc2nc(Br)cnc2N)c1. The Bertz CT molecular complexity index is 613. The zero-order chi connectivity index (χ0) is 12.3. The summed E-state index contributed by atoms with van der Waals surface area (Å²) in [5.74, 6) is 6.11. The molecule has 0 fully saturated rings. The Morgan fingerprint density at radius 2 is 2.00 bits per heavy atom. The van der Waals surface area contributed by atoms with Crippen molar-refractivity contribution < 1.29 is 0 Å². The van der Waals surface area contributed by atoms with Gasteiger partial charge in [0.15, 0.2) is 11.5 Å². The first kappa shape index (κ1) is 11.4. The molecule has 0 saturated carbocycles. The van der Waals surface area contributed by atoms with Crippen molar-refractivity contribution in [2.75, 3.05) is 11.5 Å². The second-order valence-electron chi connectivity index (χ2n) is 3.30. The molecule has 0 spiro atoms. The van der Waals surface area contributed by atoms with Crippen LogP contribution in [0.2, 0.25) is 0 Å². The molecule has 0 unspecified atom stereocenters. The van der Waals surface area contributed by atoms with Crippen LogP contribution in [0.3, 0.4) is 0 Å². The van der Waals surface area contributed by atoms with Gasteiger partial charge in [-0.25, -0.2) is 9.97 Å². The summed E-state index contributed by atoms with van der Waals surface area (Å²) in [5.41, 5.74) is 13.2. The molecule has 1 heterocycles. The largest absolute Gasteiger partial charge is 0.399 e. The van der Waals surface area contributed by atoms with E-state index in [9.17, 15) is 0 Å². The zero-order valence-electron chi connectivity index (χ0n) is 8.81. The molecule has 4 nitrogen and oxygen atoms in total. The Hall–Kier alpha value is -2.06. The summed E-state index contributed by atoms with van der Waals surface area (Å²) < 4.78 is 0.601. The number of hydrogen-bond acceptors (Lipinski definition) is 4. The second-order valence-corrected chi connectivity index (χ2v) is 4.11. The maximum absolute atomic E-state index is 5.66. The zero-order valence-corrected chi connectivity index (χ0v) is 10.4. The molecule has 0 atom stereocenters. The highest BCUT2D eigenvalue weighted by Crippen LogP contribution is 2.10. The van der Waals surface area contributed by atoms with E-state index in [4.69, 9.17) is 11.5 Å². The molecular weight excluding hydrogens is 280 g/mol. The van der Waals surface area contributed by atoms with E-state index in [-0.39, 0.29) is 0 Å². The van der Waals surface area contributed by atoms with Gasteiger partial charge >= 0.3 is 0 Å². The molecule has 0 saturated heterocycles. The standard InChI is InChI=1S/C12H9BrN4/c13-11-7-16-12(15)10(17-11)5-4-8-2-1-3-9(14)6-8/h1-3,6-7H,14H2,(H2,15,16). The molecule has 4 N–H and O–H groups in total. The molecule has 0 radical (unpaired) electrons. The van der Waals surface area contributed by atoms with Gasteiger partial charge < -0.3 is 11.5 Å². The van der Waals surface area contributed by atoms with Crippen LogP contribution >= 0.6 is 15.9 Å². The molecule has 1 aromatic heterocycles. The van der Waals surface area contributed by atoms with E-state index in [1.54, 1.807) is 12.1 Å². The van der Waals surface area contributed by atoms with Gasteiger partial charge in [0, 0.05) is 11.3 Å². The van der Waals surface area contributed by atoms with Crippen molar-refractivity contribution in [1.29, 1.82) is 0 Å². The summed E-state index contributed by atoms with van der Waals surface area (Å²) in [6, 6.07) is 7.30. The first-order valence-electron chi connectivity index (χ1n) is 4.81. The smallest absolute Gasteiger partial charge is 0.158 e. The third kappa shape index (κ3) is 2.95. The molecular formula is C12H9BrN4. The number of benzene rings is 1. The predicted octanol–water partition coefficient (Wildman–Crippen LogP) is 1.80. The van der Waals surface area contributed by atoms with E-state index < -0.39 is 0 Å². The van der Waals surface area contributed by atoms with Crippen molar-refractivity contribution in [3.63, 3.8) is 0 Å². The topological polar surface area (TPSA) is 77.8 Å². The Morgan fingerprint density at radius 1 is 1.18 bits per heavy atom. The first-order valence-corrected chi connectivity index (χ1v) is 5.60. The fourth-order valence-electron chi connectivity index (χ4n) is 1.22. The molecule has 0 amide bonds. The van der Waals surface area contributed by atoms with Crippen molar-refractivity contribution in [2.45, 2.75) is 0 Å². The minimum Gasteiger partial charge on any atom is -0.399 e. The Balaban J connectivity index is 2.36. The number of anilines is 2. The number of rotatable bonds is 0. The highest BCUT2D eigenvalue weighted by molar-refractivity contribution is 9.10. The van der Waals surface area contributed by atoms with E-state index in [2.05, 4.69) is 37.7 Å². The summed E-state index contributed by atoms with van der Waals surface area (Å²) in [4.78, 5) is 8.08. The maximum atomic E-state index is 5.66. The van der Waals surface area contributed by atoms with Gasteiger partial charge in [0.05, 0.1) is 6.20 Å². The van der Waals surface area contributed by atoms with Gasteiger partial charge in [-0.1, -0.05) is 12.0 Å². The van der Waals surface area contributed by atoms with Crippen molar-refractivity contribution in [1.82, 2.24) is 9.97 Å². The lowest BCUT2D eigenvalue weighted by Crippen LogP contribution is -1.97. The molecule has 0 aliphatic rings. The van der Waals surface area contributed by atoms with E-state index in [1.807, 2.05) is 12.1 Å². The van der Waals surface area contributed by atoms with Gasteiger partial charge in [-0.3, -0.25) is 0 Å². The van der Waals surface area contributed by atoms with Crippen molar-refractivity contribution >= 4 is 27.4 Å². The van der Waals surface area contributed by atoms with Crippen LogP contribution in [-0.2, 0) is 0 Å². The second kappa shape index (κ2) is 4.85. The van der Waals surface area contributed by atoms with Crippen LogP contribution < -0.4 is 11.5 Å². The fraction of sp³-hybridized carbons (Fsp3) is 0. The third-order valence-electron chi connectivity index (χ3n) is 1.98. The number of halogens is 1. The maximum Gasteiger partial charge on any atom is 0.158 e. The molecule has 17 heavy (non-hydrogen) atoms. The molecule has 0 aliphatic carbocycles. The van der Waals surface area contributed by atoms with E-state index in [0.717, 1.165) is 5.56 Å². The summed E-state index contributed by atoms with van der Waals surface area (Å²) in [5, 5.41) is 0. The Labute approximate surface area is 107 Å². The molecule has 1 aromatic carbocycles. The average molecular weight is 289 g/mol. The van der Waals surface area contributed by atoms with Gasteiger partial charge in [-0.15, -0.1) is 0 Å². The van der Waals surface area contributed by atoms with Crippen LogP contribution in [0.25, 0.3) is 0 Å². The summed E-state index contributed by atoms with van der Waals surface area (Å²) >= 11 is 3.22. The highest BCUT2D eigenvalue weighted by Gasteiger charge is 1.99. The van der Waals surface area contributed by atoms with Gasteiger partial charge in [-0.2, -0.15) is 0 Å². The number of nitrogen functional groups attached to an aromatic ring is 2. The van der Waals surface area contributed by atoms with Crippen LogP contribution in [0.5, 0.6) is 0 Å². The van der Waals surface area contributed by atoms with Gasteiger partial charge in [0.1, 0.15) is 4.60 Å². The minimum atomic E-state index is 0.310. The highest BCUT2D eigenvalue weighted by atomic mass is 79.9. The van der Waals surface area contributed by atoms with Crippen LogP contribution in [0.1, 0.15) is 11.3 Å². The molecule has 84 valence electrons. The number of nitrogens with zero attached hydrogens (tertiary/aromatic N) is 2. The monoisotopic (exact) mass is 288 g/mol. The lowest BCUT2D eigenvalue weighted by atomic mass is 10.2. The average Bonchev–Trinajstić information content (AvgIpc) is 2.30. The van der Waals surface area contributed by atoms with Crippen molar-refractivity contribution in [3.8, 4) is 11.8 Å². The molecule has 2 rings (SSSR count). The van der Waals surface area contributed by atoms with E-state index >= 15 is 0 Å². The van der Waals surface area contributed by atoms with Gasteiger partial charge in [0.25, 0.3) is 0 Å².